The van der Waals surface area contributed by atoms with E-state index < -0.39 is 0 Å². The average Bonchev–Trinajstić information content (AvgIpc) is 2.48. The van der Waals surface area contributed by atoms with E-state index >= 15 is 0 Å². The summed E-state index contributed by atoms with van der Waals surface area (Å²) < 4.78 is 0. The van der Waals surface area contributed by atoms with Crippen molar-refractivity contribution in [2.75, 3.05) is 0 Å². The van der Waals surface area contributed by atoms with Crippen molar-refractivity contribution in [2.45, 2.75) is 25.9 Å². The standard InChI is InChI=1S/C17H18N2/c1-13(16-6-4-3-5-7-16)19-14(2)17-10-8-15(12-18)9-11-17/h3-11,13-14,19H,1-2H3. The Labute approximate surface area is 114 Å². The van der Waals surface area contributed by atoms with Crippen LogP contribution in [0.15, 0.2) is 54.6 Å². The molecule has 2 aromatic rings. The number of rotatable bonds is 4. The molecule has 96 valence electrons. The highest BCUT2D eigenvalue weighted by Crippen LogP contribution is 2.19. The van der Waals surface area contributed by atoms with Crippen molar-refractivity contribution < 1.29 is 0 Å². The Bertz CT molecular complexity index is 552. The van der Waals surface area contributed by atoms with Crippen molar-refractivity contribution in [3.8, 4) is 6.07 Å². The van der Waals surface area contributed by atoms with Gasteiger partial charge in [-0.25, -0.2) is 0 Å². The molecule has 2 rings (SSSR count). The molecule has 0 saturated heterocycles. The predicted molar refractivity (Wildman–Crippen MR) is 77.6 cm³/mol. The molecule has 0 fully saturated rings. The van der Waals surface area contributed by atoms with E-state index in [0.717, 1.165) is 0 Å². The van der Waals surface area contributed by atoms with Gasteiger partial charge in [0.1, 0.15) is 0 Å². The Morgan fingerprint density at radius 1 is 0.842 bits per heavy atom. The molecule has 2 nitrogen and oxygen atoms in total. The van der Waals surface area contributed by atoms with Gasteiger partial charge in [-0.05, 0) is 37.1 Å². The molecule has 0 heterocycles. The molecule has 19 heavy (non-hydrogen) atoms. The SMILES string of the molecule is CC(NC(C)c1ccc(C#N)cc1)c1ccccc1. The molecule has 0 aliphatic carbocycles. The quantitative estimate of drug-likeness (QED) is 0.891. The van der Waals surface area contributed by atoms with E-state index in [1.54, 1.807) is 0 Å². The normalized spacial score (nSPS) is 13.5. The fourth-order valence-electron chi connectivity index (χ4n) is 2.16. The molecule has 0 aliphatic heterocycles. The first kappa shape index (κ1) is 13.3. The summed E-state index contributed by atoms with van der Waals surface area (Å²) in [6.07, 6.45) is 0. The lowest BCUT2D eigenvalue weighted by molar-refractivity contribution is 0.494. The summed E-state index contributed by atoms with van der Waals surface area (Å²) in [7, 11) is 0. The van der Waals surface area contributed by atoms with Gasteiger partial charge in [-0.3, -0.25) is 0 Å². The largest absolute Gasteiger partial charge is 0.304 e. The smallest absolute Gasteiger partial charge is 0.0991 e. The van der Waals surface area contributed by atoms with Crippen LogP contribution >= 0.6 is 0 Å². The fraction of sp³-hybridized carbons (Fsp3) is 0.235. The van der Waals surface area contributed by atoms with E-state index in [0.29, 0.717) is 11.6 Å². The Morgan fingerprint density at radius 2 is 1.37 bits per heavy atom. The zero-order valence-electron chi connectivity index (χ0n) is 11.3. The predicted octanol–water partition coefficient (Wildman–Crippen LogP) is 3.97. The zero-order valence-corrected chi connectivity index (χ0v) is 11.3. The maximum absolute atomic E-state index is 8.80. The summed E-state index contributed by atoms with van der Waals surface area (Å²) in [5, 5.41) is 12.4. The molecule has 1 N–H and O–H groups in total. The van der Waals surface area contributed by atoms with Crippen LogP contribution < -0.4 is 5.32 Å². The Morgan fingerprint density at radius 3 is 1.89 bits per heavy atom. The Hall–Kier alpha value is -2.11. The number of hydrogen-bond acceptors (Lipinski definition) is 2. The summed E-state index contributed by atoms with van der Waals surface area (Å²) >= 11 is 0. The molecule has 0 radical (unpaired) electrons. The van der Waals surface area contributed by atoms with Gasteiger partial charge >= 0.3 is 0 Å². The molecule has 2 unspecified atom stereocenters. The van der Waals surface area contributed by atoms with Gasteiger partial charge in [-0.15, -0.1) is 0 Å². The van der Waals surface area contributed by atoms with Crippen LogP contribution in [-0.2, 0) is 0 Å². The monoisotopic (exact) mass is 250 g/mol. The minimum Gasteiger partial charge on any atom is -0.304 e. The van der Waals surface area contributed by atoms with Crippen LogP contribution in [0.2, 0.25) is 0 Å². The highest BCUT2D eigenvalue weighted by molar-refractivity contribution is 5.32. The lowest BCUT2D eigenvalue weighted by Crippen LogP contribution is -2.22. The van der Waals surface area contributed by atoms with Crippen molar-refractivity contribution in [1.29, 1.82) is 5.26 Å². The van der Waals surface area contributed by atoms with E-state index in [1.165, 1.54) is 11.1 Å². The molecule has 2 heteroatoms. The van der Waals surface area contributed by atoms with E-state index in [-0.39, 0.29) is 6.04 Å². The first-order valence-corrected chi connectivity index (χ1v) is 6.52. The van der Waals surface area contributed by atoms with Crippen molar-refractivity contribution in [2.24, 2.45) is 0 Å². The minimum atomic E-state index is 0.253. The van der Waals surface area contributed by atoms with Crippen LogP contribution in [-0.4, -0.2) is 0 Å². The van der Waals surface area contributed by atoms with Crippen molar-refractivity contribution in [3.63, 3.8) is 0 Å². The van der Waals surface area contributed by atoms with Crippen LogP contribution in [0.5, 0.6) is 0 Å². The van der Waals surface area contributed by atoms with Gasteiger partial charge in [0.25, 0.3) is 0 Å². The molecular formula is C17H18N2. The van der Waals surface area contributed by atoms with Crippen LogP contribution in [0, 0.1) is 11.3 Å². The van der Waals surface area contributed by atoms with Crippen LogP contribution in [0.3, 0.4) is 0 Å². The molecule has 0 saturated carbocycles. The highest BCUT2D eigenvalue weighted by atomic mass is 14.9. The second-order valence-corrected chi connectivity index (χ2v) is 4.75. The Kier molecular flexibility index (Phi) is 4.33. The van der Waals surface area contributed by atoms with Gasteiger partial charge in [0, 0.05) is 12.1 Å². The molecule has 0 spiro atoms. The maximum Gasteiger partial charge on any atom is 0.0991 e. The second kappa shape index (κ2) is 6.17. The van der Waals surface area contributed by atoms with E-state index in [2.05, 4.69) is 49.5 Å². The summed E-state index contributed by atoms with van der Waals surface area (Å²) in [6, 6.07) is 20.8. The topological polar surface area (TPSA) is 35.8 Å². The first-order valence-electron chi connectivity index (χ1n) is 6.52. The number of hydrogen-bond donors (Lipinski definition) is 1. The third kappa shape index (κ3) is 3.43. The highest BCUT2D eigenvalue weighted by Gasteiger charge is 2.10. The molecule has 0 aromatic heterocycles. The maximum atomic E-state index is 8.80. The van der Waals surface area contributed by atoms with Crippen molar-refractivity contribution >= 4 is 0 Å². The van der Waals surface area contributed by atoms with E-state index in [9.17, 15) is 0 Å². The second-order valence-electron chi connectivity index (χ2n) is 4.75. The van der Waals surface area contributed by atoms with Crippen molar-refractivity contribution in [1.82, 2.24) is 5.32 Å². The fourth-order valence-corrected chi connectivity index (χ4v) is 2.16. The van der Waals surface area contributed by atoms with Gasteiger partial charge < -0.3 is 5.32 Å². The summed E-state index contributed by atoms with van der Waals surface area (Å²) in [5.41, 5.74) is 3.18. The lowest BCUT2D eigenvalue weighted by Gasteiger charge is -2.20. The van der Waals surface area contributed by atoms with Crippen LogP contribution in [0.25, 0.3) is 0 Å². The summed E-state index contributed by atoms with van der Waals surface area (Å²) in [6.45, 7) is 4.30. The third-order valence-electron chi connectivity index (χ3n) is 3.34. The van der Waals surface area contributed by atoms with Gasteiger partial charge in [0.2, 0.25) is 0 Å². The van der Waals surface area contributed by atoms with Gasteiger partial charge in [0.05, 0.1) is 11.6 Å². The van der Waals surface area contributed by atoms with Crippen LogP contribution in [0.1, 0.15) is 42.6 Å². The lowest BCUT2D eigenvalue weighted by atomic mass is 10.0. The third-order valence-corrected chi connectivity index (χ3v) is 3.34. The minimum absolute atomic E-state index is 0.253. The van der Waals surface area contributed by atoms with E-state index in [1.807, 2.05) is 30.3 Å². The van der Waals surface area contributed by atoms with E-state index in [4.69, 9.17) is 5.26 Å². The number of nitrogens with zero attached hydrogens (tertiary/aromatic N) is 1. The summed E-state index contributed by atoms with van der Waals surface area (Å²) in [4.78, 5) is 0. The molecule has 0 aliphatic rings. The number of nitriles is 1. The van der Waals surface area contributed by atoms with Gasteiger partial charge in [0.15, 0.2) is 0 Å². The first-order chi connectivity index (χ1) is 9.20. The average molecular weight is 250 g/mol. The number of nitrogens with one attached hydrogen (secondary N) is 1. The molecular weight excluding hydrogens is 232 g/mol. The van der Waals surface area contributed by atoms with Crippen molar-refractivity contribution in [3.05, 3.63) is 71.3 Å². The number of benzene rings is 2. The van der Waals surface area contributed by atoms with Gasteiger partial charge in [-0.2, -0.15) is 5.26 Å². The molecule has 0 amide bonds. The molecule has 2 aromatic carbocycles. The molecule has 2 atom stereocenters. The Balaban J connectivity index is 2.04. The van der Waals surface area contributed by atoms with Gasteiger partial charge in [-0.1, -0.05) is 42.5 Å². The van der Waals surface area contributed by atoms with Crippen LogP contribution in [0.4, 0.5) is 0 Å². The molecule has 0 bridgehead atoms. The summed E-state index contributed by atoms with van der Waals surface area (Å²) in [5.74, 6) is 0. The zero-order chi connectivity index (χ0) is 13.7.